The van der Waals surface area contributed by atoms with Gasteiger partial charge in [0.2, 0.25) is 0 Å². The minimum atomic E-state index is -0.496. The maximum atomic E-state index is 12.2. The number of carbonyl (C=O) groups is 1. The number of rotatable bonds is 7. The number of amides is 1. The lowest BCUT2D eigenvalue weighted by atomic mass is 10.1. The number of hydrogen-bond donors (Lipinski definition) is 2. The molecule has 0 radical (unpaired) electrons. The van der Waals surface area contributed by atoms with Gasteiger partial charge in [0.15, 0.2) is 0 Å². The van der Waals surface area contributed by atoms with E-state index in [9.17, 15) is 9.90 Å². The van der Waals surface area contributed by atoms with Crippen LogP contribution in [0.15, 0.2) is 35.2 Å². The zero-order valence-electron chi connectivity index (χ0n) is 16.1. The molecule has 1 aliphatic rings. The molecule has 0 saturated carbocycles. The van der Waals surface area contributed by atoms with Crippen molar-refractivity contribution in [2.75, 3.05) is 25.4 Å². The maximum absolute atomic E-state index is 12.2. The average Bonchev–Trinajstić information content (AvgIpc) is 2.58. The number of ether oxygens (including phenoxy) is 1. The van der Waals surface area contributed by atoms with E-state index in [4.69, 9.17) is 4.74 Å². The smallest absolute Gasteiger partial charge is 0.407 e. The van der Waals surface area contributed by atoms with Crippen LogP contribution in [0.25, 0.3) is 0 Å². The average molecular weight is 381 g/mol. The van der Waals surface area contributed by atoms with Gasteiger partial charge in [-0.05, 0) is 52.2 Å². The zero-order chi connectivity index (χ0) is 19.0. The molecule has 1 aromatic carbocycles. The van der Waals surface area contributed by atoms with Crippen LogP contribution in [0.2, 0.25) is 0 Å². The van der Waals surface area contributed by atoms with Crippen LogP contribution >= 0.6 is 11.8 Å². The number of carbonyl (C=O) groups excluding carboxylic acids is 1. The Morgan fingerprint density at radius 3 is 2.58 bits per heavy atom. The minimum Gasteiger partial charge on any atom is -0.444 e. The van der Waals surface area contributed by atoms with E-state index < -0.39 is 5.60 Å². The van der Waals surface area contributed by atoms with Crippen molar-refractivity contribution in [3.63, 3.8) is 0 Å². The van der Waals surface area contributed by atoms with Crippen LogP contribution in [0.1, 0.15) is 40.0 Å². The summed E-state index contributed by atoms with van der Waals surface area (Å²) < 4.78 is 5.42. The van der Waals surface area contributed by atoms with Gasteiger partial charge in [0, 0.05) is 36.3 Å². The summed E-state index contributed by atoms with van der Waals surface area (Å²) in [6.45, 7) is 8.39. The number of alkyl carbamates (subject to hydrolysis) is 1. The molecule has 6 heteroatoms. The molecule has 1 atom stereocenters. The van der Waals surface area contributed by atoms with E-state index >= 15 is 0 Å². The molecule has 26 heavy (non-hydrogen) atoms. The molecular weight excluding hydrogens is 348 g/mol. The first-order chi connectivity index (χ1) is 12.3. The lowest BCUT2D eigenvalue weighted by Crippen LogP contribution is -2.43. The molecular formula is C20H32N2O3S. The summed E-state index contributed by atoms with van der Waals surface area (Å²) >= 11 is 1.75. The van der Waals surface area contributed by atoms with Gasteiger partial charge in [0.05, 0.1) is 6.10 Å². The highest BCUT2D eigenvalue weighted by Gasteiger charge is 2.22. The lowest BCUT2D eigenvalue weighted by Gasteiger charge is -2.31. The van der Waals surface area contributed by atoms with Crippen LogP contribution in [-0.2, 0) is 4.74 Å². The number of aliphatic hydroxyl groups is 1. The van der Waals surface area contributed by atoms with Crippen LogP contribution in [0, 0.1) is 0 Å². The molecule has 0 aliphatic carbocycles. The Morgan fingerprint density at radius 1 is 1.31 bits per heavy atom. The molecule has 146 valence electrons. The zero-order valence-corrected chi connectivity index (χ0v) is 16.9. The number of hydrogen-bond acceptors (Lipinski definition) is 5. The minimum absolute atomic E-state index is 0.0434. The van der Waals surface area contributed by atoms with Gasteiger partial charge in [-0.25, -0.2) is 4.79 Å². The molecule has 2 rings (SSSR count). The van der Waals surface area contributed by atoms with Crippen molar-refractivity contribution in [3.05, 3.63) is 30.3 Å². The van der Waals surface area contributed by atoms with Crippen molar-refractivity contribution >= 4 is 17.9 Å². The Bertz CT molecular complexity index is 540. The number of aliphatic hydroxyl groups excluding tert-OH is 1. The quantitative estimate of drug-likeness (QED) is 0.709. The Balaban J connectivity index is 1.86. The van der Waals surface area contributed by atoms with Crippen molar-refractivity contribution in [3.8, 4) is 0 Å². The van der Waals surface area contributed by atoms with Crippen LogP contribution in [0.3, 0.4) is 0 Å². The van der Waals surface area contributed by atoms with Crippen molar-refractivity contribution < 1.29 is 14.6 Å². The normalized spacial score (nSPS) is 17.7. The van der Waals surface area contributed by atoms with Crippen molar-refractivity contribution in [1.82, 2.24) is 10.2 Å². The second kappa shape index (κ2) is 10.2. The van der Waals surface area contributed by atoms with Crippen LogP contribution < -0.4 is 5.32 Å². The summed E-state index contributed by atoms with van der Waals surface area (Å²) in [5.74, 6) is 0.805. The molecule has 2 N–H and O–H groups in total. The third-order valence-corrected chi connectivity index (χ3v) is 5.44. The van der Waals surface area contributed by atoms with Crippen molar-refractivity contribution in [2.45, 2.75) is 62.7 Å². The van der Waals surface area contributed by atoms with E-state index in [0.717, 1.165) is 44.6 Å². The van der Waals surface area contributed by atoms with Gasteiger partial charge in [0.25, 0.3) is 0 Å². The Hall–Kier alpha value is -1.24. The molecule has 5 nitrogen and oxygen atoms in total. The summed E-state index contributed by atoms with van der Waals surface area (Å²) in [6.07, 6.45) is 2.03. The molecule has 1 fully saturated rings. The second-order valence-corrected chi connectivity index (χ2v) is 8.92. The fourth-order valence-electron chi connectivity index (χ4n) is 2.87. The molecule has 1 amide bonds. The predicted octanol–water partition coefficient (Wildman–Crippen LogP) is 3.52. The molecule has 1 aliphatic heterocycles. The van der Waals surface area contributed by atoms with Crippen molar-refractivity contribution in [2.24, 2.45) is 0 Å². The van der Waals surface area contributed by atoms with E-state index in [1.54, 1.807) is 11.8 Å². The van der Waals surface area contributed by atoms with E-state index in [0.29, 0.717) is 0 Å². The fraction of sp³-hybridized carbons (Fsp3) is 0.650. The third kappa shape index (κ3) is 8.43. The molecule has 1 aromatic rings. The molecule has 0 bridgehead atoms. The fourth-order valence-corrected chi connectivity index (χ4v) is 3.86. The summed E-state index contributed by atoms with van der Waals surface area (Å²) in [7, 11) is 0. The van der Waals surface area contributed by atoms with Gasteiger partial charge in [0.1, 0.15) is 5.60 Å². The highest BCUT2D eigenvalue weighted by atomic mass is 32.2. The number of thioether (sulfide) groups is 1. The first-order valence-electron chi connectivity index (χ1n) is 9.39. The van der Waals surface area contributed by atoms with E-state index in [-0.39, 0.29) is 18.2 Å². The highest BCUT2D eigenvalue weighted by Crippen LogP contribution is 2.20. The molecule has 0 unspecified atom stereocenters. The van der Waals surface area contributed by atoms with E-state index in [1.807, 2.05) is 39.0 Å². The number of benzene rings is 1. The van der Waals surface area contributed by atoms with Gasteiger partial charge in [-0.3, -0.25) is 0 Å². The largest absolute Gasteiger partial charge is 0.444 e. The molecule has 0 spiro atoms. The molecule has 1 saturated heterocycles. The van der Waals surface area contributed by atoms with Crippen molar-refractivity contribution in [1.29, 1.82) is 0 Å². The third-order valence-electron chi connectivity index (χ3n) is 4.27. The van der Waals surface area contributed by atoms with Gasteiger partial charge >= 0.3 is 6.09 Å². The van der Waals surface area contributed by atoms with Gasteiger partial charge in [-0.1, -0.05) is 18.2 Å². The van der Waals surface area contributed by atoms with E-state index in [1.165, 1.54) is 4.90 Å². The van der Waals surface area contributed by atoms with E-state index in [2.05, 4.69) is 22.3 Å². The standard InChI is InChI=1S/C20H32N2O3S/c1-20(2,3)25-19(24)21-16(15-26-18-7-5-4-6-8-18)9-12-22-13-10-17(23)11-14-22/h4-8,16-17,23H,9-15H2,1-3H3,(H,21,24)/t16-/m1/s1. The predicted molar refractivity (Wildman–Crippen MR) is 107 cm³/mol. The first kappa shape index (κ1) is 21.1. The summed E-state index contributed by atoms with van der Waals surface area (Å²) in [4.78, 5) is 15.7. The van der Waals surface area contributed by atoms with Crippen LogP contribution in [-0.4, -0.2) is 59.2 Å². The number of nitrogens with one attached hydrogen (secondary N) is 1. The lowest BCUT2D eigenvalue weighted by molar-refractivity contribution is 0.0499. The SMILES string of the molecule is CC(C)(C)OC(=O)N[C@H](CCN1CCC(O)CC1)CSc1ccccc1. The second-order valence-electron chi connectivity index (χ2n) is 7.83. The summed E-state index contributed by atoms with van der Waals surface area (Å²) in [5, 5.41) is 12.7. The Labute approximate surface area is 161 Å². The molecule has 1 heterocycles. The number of likely N-dealkylation sites (tertiary alicyclic amines) is 1. The van der Waals surface area contributed by atoms with Crippen LogP contribution in [0.5, 0.6) is 0 Å². The maximum Gasteiger partial charge on any atom is 0.407 e. The van der Waals surface area contributed by atoms with Gasteiger partial charge < -0.3 is 20.1 Å². The molecule has 0 aromatic heterocycles. The number of piperidine rings is 1. The van der Waals surface area contributed by atoms with Gasteiger partial charge in [-0.2, -0.15) is 0 Å². The summed E-state index contributed by atoms with van der Waals surface area (Å²) in [6, 6.07) is 10.3. The Kier molecular flexibility index (Phi) is 8.25. The number of nitrogens with zero attached hydrogens (tertiary/aromatic N) is 1. The highest BCUT2D eigenvalue weighted by molar-refractivity contribution is 7.99. The Morgan fingerprint density at radius 2 is 1.96 bits per heavy atom. The van der Waals surface area contributed by atoms with Gasteiger partial charge in [-0.15, -0.1) is 11.8 Å². The topological polar surface area (TPSA) is 61.8 Å². The monoisotopic (exact) mass is 380 g/mol. The van der Waals surface area contributed by atoms with Crippen LogP contribution in [0.4, 0.5) is 4.79 Å². The summed E-state index contributed by atoms with van der Waals surface area (Å²) in [5.41, 5.74) is -0.496. The first-order valence-corrected chi connectivity index (χ1v) is 10.4.